The van der Waals surface area contributed by atoms with Crippen LogP contribution >= 0.6 is 0 Å². The molecule has 1 amide bonds. The Bertz CT molecular complexity index is 1070. The number of fused-ring (bicyclic) bond motifs is 1. The highest BCUT2D eigenvalue weighted by molar-refractivity contribution is 7.92. The highest BCUT2D eigenvalue weighted by atomic mass is 32.2. The number of anilines is 2. The predicted molar refractivity (Wildman–Crippen MR) is 112 cm³/mol. The van der Waals surface area contributed by atoms with Gasteiger partial charge in [-0.1, -0.05) is 13.0 Å². The van der Waals surface area contributed by atoms with Crippen LogP contribution < -0.4 is 14.4 Å². The summed E-state index contributed by atoms with van der Waals surface area (Å²) in [6.45, 7) is 5.77. The molecule has 1 heterocycles. The summed E-state index contributed by atoms with van der Waals surface area (Å²) in [6.07, 6.45) is 0.494. The van der Waals surface area contributed by atoms with Crippen molar-refractivity contribution in [3.8, 4) is 5.75 Å². The number of nitrogens with zero attached hydrogens (tertiary/aromatic N) is 1. The smallest absolute Gasteiger partial charge is 0.338 e. The molecule has 1 N–H and O–H groups in total. The van der Waals surface area contributed by atoms with Gasteiger partial charge in [0.05, 0.1) is 29.3 Å². The van der Waals surface area contributed by atoms with E-state index in [1.54, 1.807) is 18.2 Å². The van der Waals surface area contributed by atoms with E-state index >= 15 is 0 Å². The van der Waals surface area contributed by atoms with Crippen molar-refractivity contribution >= 4 is 33.3 Å². The molecule has 0 saturated heterocycles. The van der Waals surface area contributed by atoms with E-state index in [0.29, 0.717) is 24.4 Å². The van der Waals surface area contributed by atoms with E-state index in [-0.39, 0.29) is 34.8 Å². The van der Waals surface area contributed by atoms with E-state index in [1.165, 1.54) is 36.1 Å². The lowest BCUT2D eigenvalue weighted by Crippen LogP contribution is -2.41. The van der Waals surface area contributed by atoms with Gasteiger partial charge >= 0.3 is 5.97 Å². The van der Waals surface area contributed by atoms with Crippen molar-refractivity contribution in [2.75, 3.05) is 22.8 Å². The molecular weight excluding hydrogens is 408 g/mol. The molecule has 1 aliphatic rings. The van der Waals surface area contributed by atoms with Gasteiger partial charge in [0.2, 0.25) is 5.91 Å². The highest BCUT2D eigenvalue weighted by Gasteiger charge is 2.28. The van der Waals surface area contributed by atoms with Gasteiger partial charge in [0.1, 0.15) is 11.9 Å². The largest absolute Gasteiger partial charge is 0.487 e. The second-order valence-corrected chi connectivity index (χ2v) is 8.69. The van der Waals surface area contributed by atoms with E-state index in [9.17, 15) is 18.0 Å². The molecule has 0 saturated carbocycles. The molecule has 0 spiro atoms. The fourth-order valence-electron chi connectivity index (χ4n) is 3.08. The fourth-order valence-corrected chi connectivity index (χ4v) is 4.15. The average molecular weight is 432 g/mol. The fraction of sp³-hybridized carbons (Fsp3) is 0.333. The van der Waals surface area contributed by atoms with Gasteiger partial charge in [-0.2, -0.15) is 0 Å². The van der Waals surface area contributed by atoms with Crippen molar-refractivity contribution in [2.24, 2.45) is 0 Å². The lowest BCUT2D eigenvalue weighted by molar-refractivity contribution is -0.117. The highest BCUT2D eigenvalue weighted by Crippen LogP contribution is 2.36. The molecule has 2 aromatic rings. The van der Waals surface area contributed by atoms with Gasteiger partial charge in [0.15, 0.2) is 0 Å². The first-order valence-corrected chi connectivity index (χ1v) is 11.1. The average Bonchev–Trinajstić information content (AvgIpc) is 2.70. The van der Waals surface area contributed by atoms with E-state index in [4.69, 9.17) is 9.47 Å². The zero-order valence-corrected chi connectivity index (χ0v) is 17.9. The summed E-state index contributed by atoms with van der Waals surface area (Å²) in [5, 5.41) is 0. The lowest BCUT2D eigenvalue weighted by Gasteiger charge is -2.33. The van der Waals surface area contributed by atoms with E-state index < -0.39 is 16.0 Å². The number of sulfonamides is 1. The van der Waals surface area contributed by atoms with Crippen LogP contribution in [-0.2, 0) is 19.6 Å². The topological polar surface area (TPSA) is 102 Å². The minimum absolute atomic E-state index is 0.0235. The maximum absolute atomic E-state index is 12.9. The minimum atomic E-state index is -3.96. The molecule has 30 heavy (non-hydrogen) atoms. The van der Waals surface area contributed by atoms with E-state index in [0.717, 1.165) is 0 Å². The molecule has 1 atom stereocenters. The molecule has 0 fully saturated rings. The summed E-state index contributed by atoms with van der Waals surface area (Å²) >= 11 is 0. The summed E-state index contributed by atoms with van der Waals surface area (Å²) in [5.74, 6) is -0.272. The van der Waals surface area contributed by atoms with Gasteiger partial charge in [-0.05, 0) is 49.7 Å². The Morgan fingerprint density at radius 3 is 2.70 bits per heavy atom. The Hall–Kier alpha value is -3.07. The zero-order valence-electron chi connectivity index (χ0n) is 17.0. The molecule has 2 aromatic carbocycles. The van der Waals surface area contributed by atoms with Gasteiger partial charge in [0.25, 0.3) is 10.0 Å². The molecule has 8 nitrogen and oxygen atoms in total. The molecule has 1 aliphatic heterocycles. The van der Waals surface area contributed by atoms with Crippen molar-refractivity contribution in [1.82, 2.24) is 0 Å². The van der Waals surface area contributed by atoms with Crippen LogP contribution in [0.3, 0.4) is 0 Å². The van der Waals surface area contributed by atoms with Crippen LogP contribution in [0.15, 0.2) is 47.4 Å². The number of hydrogen-bond donors (Lipinski definition) is 1. The van der Waals surface area contributed by atoms with Crippen LogP contribution in [0.25, 0.3) is 0 Å². The molecule has 160 valence electrons. The number of rotatable bonds is 6. The number of benzene rings is 2. The maximum Gasteiger partial charge on any atom is 0.338 e. The molecule has 0 aliphatic carbocycles. The predicted octanol–water partition coefficient (Wildman–Crippen LogP) is 3.19. The van der Waals surface area contributed by atoms with Crippen molar-refractivity contribution in [1.29, 1.82) is 0 Å². The van der Waals surface area contributed by atoms with Gasteiger partial charge in [0, 0.05) is 12.6 Å². The van der Waals surface area contributed by atoms with Crippen molar-refractivity contribution in [3.63, 3.8) is 0 Å². The third-order valence-electron chi connectivity index (χ3n) is 4.47. The molecular formula is C21H24N2O6S. The summed E-state index contributed by atoms with van der Waals surface area (Å²) in [6, 6.07) is 10.4. The Labute approximate surface area is 175 Å². The van der Waals surface area contributed by atoms with Crippen LogP contribution in [0.5, 0.6) is 5.75 Å². The Morgan fingerprint density at radius 1 is 1.23 bits per heavy atom. The first kappa shape index (κ1) is 21.6. The summed E-state index contributed by atoms with van der Waals surface area (Å²) in [5.41, 5.74) is 0.881. The molecule has 0 aromatic heterocycles. The minimum Gasteiger partial charge on any atom is -0.487 e. The quantitative estimate of drug-likeness (QED) is 0.704. The first-order chi connectivity index (χ1) is 14.2. The second kappa shape index (κ2) is 8.74. The van der Waals surface area contributed by atoms with Gasteiger partial charge in [-0.15, -0.1) is 0 Å². The third-order valence-corrected chi connectivity index (χ3v) is 5.85. The van der Waals surface area contributed by atoms with Crippen molar-refractivity contribution in [2.45, 2.75) is 38.2 Å². The summed E-state index contributed by atoms with van der Waals surface area (Å²) < 4.78 is 39.1. The van der Waals surface area contributed by atoms with E-state index in [1.807, 2.05) is 13.8 Å². The lowest BCUT2D eigenvalue weighted by atomic mass is 10.2. The normalized spacial score (nSPS) is 15.7. The zero-order chi connectivity index (χ0) is 21.9. The number of nitrogens with one attached hydrogen (secondary N) is 1. The van der Waals surface area contributed by atoms with Crippen molar-refractivity contribution in [3.05, 3.63) is 48.0 Å². The van der Waals surface area contributed by atoms with Gasteiger partial charge < -0.3 is 14.4 Å². The Balaban J connectivity index is 1.87. The maximum atomic E-state index is 12.9. The third kappa shape index (κ3) is 4.73. The number of esters is 1. The van der Waals surface area contributed by atoms with E-state index in [2.05, 4.69) is 4.72 Å². The van der Waals surface area contributed by atoms with Gasteiger partial charge in [-0.3, -0.25) is 9.52 Å². The molecule has 3 rings (SSSR count). The van der Waals surface area contributed by atoms with Gasteiger partial charge in [-0.25, -0.2) is 13.2 Å². The number of carbonyl (C=O) groups is 2. The van der Waals surface area contributed by atoms with Crippen LogP contribution in [0.2, 0.25) is 0 Å². The molecule has 9 heteroatoms. The van der Waals surface area contributed by atoms with Crippen molar-refractivity contribution < 1.29 is 27.5 Å². The molecule has 1 unspecified atom stereocenters. The standard InChI is InChI=1S/C21H24N2O6S/c1-4-10-28-21(25)16-6-5-7-17(11-16)22-30(26,27)18-8-9-20-19(12-18)23(15(3)24)13-14(2)29-20/h5-9,11-12,14,22H,4,10,13H2,1-3H3. The summed E-state index contributed by atoms with van der Waals surface area (Å²) in [7, 11) is -3.96. The van der Waals surface area contributed by atoms with Crippen LogP contribution in [0.1, 0.15) is 37.6 Å². The SMILES string of the molecule is CCCOC(=O)c1cccc(NS(=O)(=O)c2ccc3c(c2)N(C(C)=O)CC(C)O3)c1. The first-order valence-electron chi connectivity index (χ1n) is 9.60. The number of ether oxygens (including phenoxy) is 2. The second-order valence-electron chi connectivity index (χ2n) is 7.01. The number of carbonyl (C=O) groups excluding carboxylic acids is 2. The Kier molecular flexibility index (Phi) is 6.31. The monoisotopic (exact) mass is 432 g/mol. The Morgan fingerprint density at radius 2 is 2.00 bits per heavy atom. The van der Waals surface area contributed by atoms with Crippen LogP contribution in [0.4, 0.5) is 11.4 Å². The number of amides is 1. The molecule has 0 bridgehead atoms. The number of hydrogen-bond acceptors (Lipinski definition) is 6. The van der Waals surface area contributed by atoms with Crippen LogP contribution in [0, 0.1) is 0 Å². The van der Waals surface area contributed by atoms with Crippen LogP contribution in [-0.4, -0.2) is 39.5 Å². The summed E-state index contributed by atoms with van der Waals surface area (Å²) in [4.78, 5) is 25.5. The molecule has 0 radical (unpaired) electrons.